The zero-order chi connectivity index (χ0) is 19.4. The second kappa shape index (κ2) is 8.15. The van der Waals surface area contributed by atoms with Gasteiger partial charge in [-0.1, -0.05) is 13.8 Å². The van der Waals surface area contributed by atoms with E-state index in [1.54, 1.807) is 13.1 Å². The lowest BCUT2D eigenvalue weighted by Gasteiger charge is -2.30. The van der Waals surface area contributed by atoms with E-state index in [2.05, 4.69) is 15.6 Å². The van der Waals surface area contributed by atoms with E-state index in [1.165, 1.54) is 12.8 Å². The molecule has 7 heteroatoms. The van der Waals surface area contributed by atoms with Crippen LogP contribution in [0.25, 0.3) is 0 Å². The van der Waals surface area contributed by atoms with Gasteiger partial charge in [0.25, 0.3) is 0 Å². The molecule has 2 aliphatic carbocycles. The van der Waals surface area contributed by atoms with E-state index >= 15 is 0 Å². The van der Waals surface area contributed by atoms with Crippen molar-refractivity contribution in [3.8, 4) is 11.8 Å². The van der Waals surface area contributed by atoms with Crippen molar-refractivity contribution in [3.63, 3.8) is 0 Å². The molecule has 0 saturated heterocycles. The van der Waals surface area contributed by atoms with Gasteiger partial charge in [0.2, 0.25) is 17.7 Å². The van der Waals surface area contributed by atoms with Crippen LogP contribution in [-0.4, -0.2) is 36.2 Å². The summed E-state index contributed by atoms with van der Waals surface area (Å²) in [6.07, 6.45) is 4.92. The Balaban J connectivity index is 1.69. The Bertz CT molecular complexity index is 694. The third kappa shape index (κ3) is 4.70. The van der Waals surface area contributed by atoms with Crippen molar-refractivity contribution >= 4 is 12.0 Å². The van der Waals surface area contributed by atoms with Gasteiger partial charge in [0.05, 0.1) is 6.61 Å². The molecule has 148 valence electrons. The summed E-state index contributed by atoms with van der Waals surface area (Å²) in [6.45, 7) is 4.37. The first-order chi connectivity index (χ1) is 13.0. The highest BCUT2D eigenvalue weighted by molar-refractivity contribution is 5.90. The lowest BCUT2D eigenvalue weighted by atomic mass is 9.92. The largest absolute Gasteiger partial charge is 0.477 e. The molecule has 1 aromatic rings. The minimum Gasteiger partial charge on any atom is -0.477 e. The van der Waals surface area contributed by atoms with E-state index in [0.717, 1.165) is 18.4 Å². The van der Waals surface area contributed by atoms with Crippen molar-refractivity contribution in [1.82, 2.24) is 15.6 Å². The number of aromatic nitrogens is 1. The highest BCUT2D eigenvalue weighted by Crippen LogP contribution is 2.44. The Morgan fingerprint density at radius 3 is 2.44 bits per heavy atom. The summed E-state index contributed by atoms with van der Waals surface area (Å²) in [5.74, 6) is 1.62. The molecule has 0 atom stereocenters. The molecular weight excluding hydrogens is 346 g/mol. The fourth-order valence-electron chi connectivity index (χ4n) is 3.15. The van der Waals surface area contributed by atoms with Gasteiger partial charge in [-0.3, -0.25) is 4.79 Å². The smallest absolute Gasteiger partial charge is 0.414 e. The minimum absolute atomic E-state index is 0.181. The molecule has 0 unspecified atom stereocenters. The summed E-state index contributed by atoms with van der Waals surface area (Å²) in [5, 5.41) is 5.31. The standard InChI is InChI=1S/C20H29N3O4/c1-4-20(5-2,18(24)21-3)23-19(25)27-16-11-10-15(14-8-9-14)17(22-16)26-12-13-6-7-13/h10-11,13-14H,4-9,12H2,1-3H3,(H,21,24)(H,23,25). The Morgan fingerprint density at radius 1 is 1.19 bits per heavy atom. The quantitative estimate of drug-likeness (QED) is 0.692. The molecule has 2 fully saturated rings. The van der Waals surface area contributed by atoms with Gasteiger partial charge < -0.3 is 20.1 Å². The Kier molecular flexibility index (Phi) is 5.87. The molecule has 0 radical (unpaired) electrons. The van der Waals surface area contributed by atoms with Crippen LogP contribution in [0.1, 0.15) is 63.9 Å². The number of pyridine rings is 1. The van der Waals surface area contributed by atoms with Crippen molar-refractivity contribution in [2.45, 2.75) is 63.8 Å². The maximum atomic E-state index is 12.4. The van der Waals surface area contributed by atoms with Gasteiger partial charge in [0.1, 0.15) is 5.54 Å². The highest BCUT2D eigenvalue weighted by atomic mass is 16.6. The van der Waals surface area contributed by atoms with E-state index < -0.39 is 11.6 Å². The van der Waals surface area contributed by atoms with E-state index in [0.29, 0.717) is 37.2 Å². The molecule has 2 saturated carbocycles. The Morgan fingerprint density at radius 2 is 1.89 bits per heavy atom. The predicted molar refractivity (Wildman–Crippen MR) is 101 cm³/mol. The number of amides is 2. The van der Waals surface area contributed by atoms with Gasteiger partial charge >= 0.3 is 6.09 Å². The predicted octanol–water partition coefficient (Wildman–Crippen LogP) is 3.14. The van der Waals surface area contributed by atoms with Crippen LogP contribution < -0.4 is 20.1 Å². The third-order valence-corrected chi connectivity index (χ3v) is 5.44. The zero-order valence-electron chi connectivity index (χ0n) is 16.3. The molecule has 2 N–H and O–H groups in total. The molecule has 2 amide bonds. The maximum Gasteiger partial charge on any atom is 0.414 e. The Hall–Kier alpha value is -2.31. The molecular formula is C20H29N3O4. The number of carbonyl (C=O) groups excluding carboxylic acids is 2. The highest BCUT2D eigenvalue weighted by Gasteiger charge is 2.36. The lowest BCUT2D eigenvalue weighted by molar-refractivity contribution is -0.127. The van der Waals surface area contributed by atoms with Gasteiger partial charge in [-0.2, -0.15) is 4.98 Å². The van der Waals surface area contributed by atoms with Crippen LogP contribution in [0.15, 0.2) is 12.1 Å². The second-order valence-corrected chi connectivity index (χ2v) is 7.46. The van der Waals surface area contributed by atoms with Crippen LogP contribution >= 0.6 is 0 Å². The molecule has 7 nitrogen and oxygen atoms in total. The summed E-state index contributed by atoms with van der Waals surface area (Å²) < 4.78 is 11.3. The average Bonchev–Trinajstić information content (AvgIpc) is 3.57. The number of hydrogen-bond donors (Lipinski definition) is 2. The maximum absolute atomic E-state index is 12.4. The fourth-order valence-corrected chi connectivity index (χ4v) is 3.15. The molecule has 0 bridgehead atoms. The van der Waals surface area contributed by atoms with Gasteiger partial charge in [-0.25, -0.2) is 4.79 Å². The van der Waals surface area contributed by atoms with Crippen LogP contribution in [0, 0.1) is 5.92 Å². The molecule has 27 heavy (non-hydrogen) atoms. The van der Waals surface area contributed by atoms with E-state index in [-0.39, 0.29) is 11.8 Å². The van der Waals surface area contributed by atoms with Crippen LogP contribution in [-0.2, 0) is 4.79 Å². The molecule has 0 aromatic carbocycles. The van der Waals surface area contributed by atoms with Crippen LogP contribution in [0.5, 0.6) is 11.8 Å². The number of carbonyl (C=O) groups is 2. The number of rotatable bonds is 9. The average molecular weight is 375 g/mol. The number of ether oxygens (including phenoxy) is 2. The summed E-state index contributed by atoms with van der Waals surface area (Å²) in [5.41, 5.74) is 0.0932. The number of likely N-dealkylation sites (N-methyl/N-ethyl adjacent to an activating group) is 1. The number of hydrogen-bond acceptors (Lipinski definition) is 5. The Labute approximate surface area is 160 Å². The van der Waals surface area contributed by atoms with E-state index in [1.807, 2.05) is 19.9 Å². The van der Waals surface area contributed by atoms with Crippen LogP contribution in [0.3, 0.4) is 0 Å². The summed E-state index contributed by atoms with van der Waals surface area (Å²) in [7, 11) is 1.55. The van der Waals surface area contributed by atoms with Crippen LogP contribution in [0.4, 0.5) is 4.79 Å². The molecule has 1 heterocycles. The topological polar surface area (TPSA) is 89.6 Å². The second-order valence-electron chi connectivity index (χ2n) is 7.46. The molecule has 3 rings (SSSR count). The summed E-state index contributed by atoms with van der Waals surface area (Å²) >= 11 is 0. The van der Waals surface area contributed by atoms with Gasteiger partial charge in [0, 0.05) is 18.7 Å². The summed E-state index contributed by atoms with van der Waals surface area (Å²) in [4.78, 5) is 29.0. The monoisotopic (exact) mass is 375 g/mol. The summed E-state index contributed by atoms with van der Waals surface area (Å²) in [6, 6.07) is 3.62. The van der Waals surface area contributed by atoms with E-state index in [4.69, 9.17) is 9.47 Å². The SMILES string of the molecule is CCC(CC)(NC(=O)Oc1ccc(C2CC2)c(OCC2CC2)n1)C(=O)NC. The van der Waals surface area contributed by atoms with E-state index in [9.17, 15) is 9.59 Å². The van der Waals surface area contributed by atoms with Crippen molar-refractivity contribution in [1.29, 1.82) is 0 Å². The van der Waals surface area contributed by atoms with Gasteiger partial charge in [0.15, 0.2) is 0 Å². The molecule has 0 spiro atoms. The molecule has 1 aromatic heterocycles. The zero-order valence-corrected chi connectivity index (χ0v) is 16.3. The van der Waals surface area contributed by atoms with Gasteiger partial charge in [-0.05, 0) is 56.4 Å². The lowest BCUT2D eigenvalue weighted by Crippen LogP contribution is -2.58. The van der Waals surface area contributed by atoms with Crippen molar-refractivity contribution in [2.24, 2.45) is 5.92 Å². The molecule has 0 aliphatic heterocycles. The number of nitrogens with one attached hydrogen (secondary N) is 2. The first-order valence-electron chi connectivity index (χ1n) is 9.87. The van der Waals surface area contributed by atoms with Crippen molar-refractivity contribution in [2.75, 3.05) is 13.7 Å². The van der Waals surface area contributed by atoms with Gasteiger partial charge in [-0.15, -0.1) is 0 Å². The van der Waals surface area contributed by atoms with Crippen molar-refractivity contribution < 1.29 is 19.1 Å². The minimum atomic E-state index is -0.995. The van der Waals surface area contributed by atoms with Crippen molar-refractivity contribution in [3.05, 3.63) is 17.7 Å². The fraction of sp³-hybridized carbons (Fsp3) is 0.650. The van der Waals surface area contributed by atoms with Crippen LogP contribution in [0.2, 0.25) is 0 Å². The number of nitrogens with zero attached hydrogens (tertiary/aromatic N) is 1. The first kappa shape index (κ1) is 19.5. The first-order valence-corrected chi connectivity index (χ1v) is 9.87. The normalized spacial score (nSPS) is 16.6. The third-order valence-electron chi connectivity index (χ3n) is 5.44. The molecule has 2 aliphatic rings.